The second kappa shape index (κ2) is 5.58. The lowest BCUT2D eigenvalue weighted by atomic mass is 10.2. The van der Waals surface area contributed by atoms with Crippen molar-refractivity contribution < 1.29 is 23.0 Å². The van der Waals surface area contributed by atoms with Crippen LogP contribution in [0.15, 0.2) is 24.4 Å². The molecule has 1 aromatic heterocycles. The van der Waals surface area contributed by atoms with Gasteiger partial charge in [0.25, 0.3) is 0 Å². The zero-order valence-corrected chi connectivity index (χ0v) is 11.2. The molecular weight excluding hydrogens is 293 g/mol. The van der Waals surface area contributed by atoms with Gasteiger partial charge in [0.2, 0.25) is 0 Å². The van der Waals surface area contributed by atoms with E-state index >= 15 is 0 Å². The Bertz CT molecular complexity index is 599. The number of aromatic hydroxyl groups is 1. The van der Waals surface area contributed by atoms with Crippen molar-refractivity contribution in [1.29, 1.82) is 0 Å². The number of thiazole rings is 1. The molecule has 20 heavy (non-hydrogen) atoms. The molecule has 108 valence electrons. The number of hydrogen-bond acceptors (Lipinski definition) is 5. The average molecular weight is 304 g/mol. The molecule has 0 aliphatic carbocycles. The SMILES string of the molecule is COc1ccc(CNc2ncc(C(F)(F)F)s2)cc1O. The van der Waals surface area contributed by atoms with Gasteiger partial charge in [0.05, 0.1) is 13.3 Å². The summed E-state index contributed by atoms with van der Waals surface area (Å²) in [4.78, 5) is 2.90. The van der Waals surface area contributed by atoms with Gasteiger partial charge in [-0.2, -0.15) is 13.2 Å². The van der Waals surface area contributed by atoms with E-state index in [2.05, 4.69) is 10.3 Å². The summed E-state index contributed by atoms with van der Waals surface area (Å²) >= 11 is 0.537. The number of nitrogens with one attached hydrogen (secondary N) is 1. The molecule has 0 saturated carbocycles. The molecule has 0 unspecified atom stereocenters. The van der Waals surface area contributed by atoms with E-state index in [4.69, 9.17) is 4.74 Å². The second-order valence-corrected chi connectivity index (χ2v) is 4.92. The maximum Gasteiger partial charge on any atom is 0.427 e. The van der Waals surface area contributed by atoms with E-state index in [0.717, 1.165) is 6.20 Å². The predicted molar refractivity (Wildman–Crippen MR) is 69.1 cm³/mol. The first kappa shape index (κ1) is 14.4. The van der Waals surface area contributed by atoms with E-state index < -0.39 is 11.1 Å². The highest BCUT2D eigenvalue weighted by Gasteiger charge is 2.33. The van der Waals surface area contributed by atoms with Gasteiger partial charge in [-0.15, -0.1) is 0 Å². The number of methoxy groups -OCH3 is 1. The minimum absolute atomic E-state index is 0.0260. The summed E-state index contributed by atoms with van der Waals surface area (Å²) in [5, 5.41) is 12.5. The molecule has 1 heterocycles. The third kappa shape index (κ3) is 3.32. The highest BCUT2D eigenvalue weighted by atomic mass is 32.1. The molecule has 2 rings (SSSR count). The van der Waals surface area contributed by atoms with Crippen LogP contribution >= 0.6 is 11.3 Å². The van der Waals surface area contributed by atoms with Crippen LogP contribution in [0.4, 0.5) is 18.3 Å². The number of benzene rings is 1. The molecule has 0 saturated heterocycles. The van der Waals surface area contributed by atoms with Crippen molar-refractivity contribution in [2.45, 2.75) is 12.7 Å². The van der Waals surface area contributed by atoms with Gasteiger partial charge in [-0.1, -0.05) is 17.4 Å². The minimum atomic E-state index is -4.38. The highest BCUT2D eigenvalue weighted by molar-refractivity contribution is 7.15. The molecule has 2 N–H and O–H groups in total. The number of hydrogen-bond donors (Lipinski definition) is 2. The Hall–Kier alpha value is -1.96. The van der Waals surface area contributed by atoms with Crippen LogP contribution in [0.1, 0.15) is 10.4 Å². The topological polar surface area (TPSA) is 54.4 Å². The summed E-state index contributed by atoms with van der Waals surface area (Å²) < 4.78 is 42.1. The normalized spacial score (nSPS) is 11.4. The number of halogens is 3. The second-order valence-electron chi connectivity index (χ2n) is 3.89. The third-order valence-electron chi connectivity index (χ3n) is 2.47. The minimum Gasteiger partial charge on any atom is -0.504 e. The van der Waals surface area contributed by atoms with E-state index in [0.29, 0.717) is 22.6 Å². The first-order valence-corrected chi connectivity index (χ1v) is 6.34. The number of nitrogens with zero attached hydrogens (tertiary/aromatic N) is 1. The van der Waals surface area contributed by atoms with Crippen molar-refractivity contribution in [1.82, 2.24) is 4.98 Å². The molecule has 0 bridgehead atoms. The molecule has 0 amide bonds. The molecule has 0 aliphatic rings. The smallest absolute Gasteiger partial charge is 0.427 e. The lowest BCUT2D eigenvalue weighted by Gasteiger charge is -2.07. The number of aromatic nitrogens is 1. The Balaban J connectivity index is 2.02. The number of rotatable bonds is 4. The van der Waals surface area contributed by atoms with Crippen molar-refractivity contribution in [3.63, 3.8) is 0 Å². The van der Waals surface area contributed by atoms with E-state index in [9.17, 15) is 18.3 Å². The molecule has 0 atom stereocenters. The first-order valence-electron chi connectivity index (χ1n) is 5.53. The Morgan fingerprint density at radius 3 is 2.70 bits per heavy atom. The number of ether oxygens (including phenoxy) is 1. The maximum absolute atomic E-state index is 12.4. The van der Waals surface area contributed by atoms with Gasteiger partial charge in [0, 0.05) is 6.54 Å². The van der Waals surface area contributed by atoms with E-state index in [-0.39, 0.29) is 17.4 Å². The summed E-state index contributed by atoms with van der Waals surface area (Å²) in [6.07, 6.45) is -3.59. The summed E-state index contributed by atoms with van der Waals surface area (Å²) in [6.45, 7) is 0.252. The van der Waals surface area contributed by atoms with Crippen LogP contribution in [-0.4, -0.2) is 17.2 Å². The largest absolute Gasteiger partial charge is 0.504 e. The van der Waals surface area contributed by atoms with Crippen molar-refractivity contribution in [3.05, 3.63) is 34.8 Å². The molecule has 0 radical (unpaired) electrons. The zero-order valence-electron chi connectivity index (χ0n) is 10.4. The molecule has 8 heteroatoms. The number of phenols is 1. The van der Waals surface area contributed by atoms with Crippen LogP contribution in [0.3, 0.4) is 0 Å². The van der Waals surface area contributed by atoms with Gasteiger partial charge in [0.1, 0.15) is 4.88 Å². The number of alkyl halides is 3. The van der Waals surface area contributed by atoms with E-state index in [1.807, 2.05) is 0 Å². The highest BCUT2D eigenvalue weighted by Crippen LogP contribution is 2.35. The van der Waals surface area contributed by atoms with Crippen molar-refractivity contribution >= 4 is 16.5 Å². The Morgan fingerprint density at radius 1 is 1.40 bits per heavy atom. The molecule has 2 aromatic rings. The average Bonchev–Trinajstić information content (AvgIpc) is 2.85. The fourth-order valence-corrected chi connectivity index (χ4v) is 2.19. The van der Waals surface area contributed by atoms with Crippen LogP contribution in [0.2, 0.25) is 0 Å². The Morgan fingerprint density at radius 2 is 2.15 bits per heavy atom. The van der Waals surface area contributed by atoms with Crippen LogP contribution in [0.5, 0.6) is 11.5 Å². The molecule has 4 nitrogen and oxygen atoms in total. The van der Waals surface area contributed by atoms with Crippen molar-refractivity contribution in [2.24, 2.45) is 0 Å². The van der Waals surface area contributed by atoms with Gasteiger partial charge in [-0.25, -0.2) is 4.98 Å². The third-order valence-corrected chi connectivity index (χ3v) is 3.47. The van der Waals surface area contributed by atoms with E-state index in [1.54, 1.807) is 12.1 Å². The fraction of sp³-hybridized carbons (Fsp3) is 0.250. The van der Waals surface area contributed by atoms with Crippen molar-refractivity contribution in [3.8, 4) is 11.5 Å². The van der Waals surface area contributed by atoms with Crippen LogP contribution in [0.25, 0.3) is 0 Å². The quantitative estimate of drug-likeness (QED) is 0.908. The summed E-state index contributed by atoms with van der Waals surface area (Å²) in [5.41, 5.74) is 0.701. The Labute approximate surface area is 116 Å². The lowest BCUT2D eigenvalue weighted by Crippen LogP contribution is -2.00. The van der Waals surface area contributed by atoms with Crippen LogP contribution < -0.4 is 10.1 Å². The van der Waals surface area contributed by atoms with Gasteiger partial charge < -0.3 is 15.2 Å². The molecule has 0 spiro atoms. The van der Waals surface area contributed by atoms with Gasteiger partial charge >= 0.3 is 6.18 Å². The molecule has 0 fully saturated rings. The van der Waals surface area contributed by atoms with Gasteiger partial charge in [-0.05, 0) is 17.7 Å². The van der Waals surface area contributed by atoms with Crippen molar-refractivity contribution in [2.75, 3.05) is 12.4 Å². The monoisotopic (exact) mass is 304 g/mol. The fourth-order valence-electron chi connectivity index (χ4n) is 1.51. The van der Waals surface area contributed by atoms with Gasteiger partial charge in [-0.3, -0.25) is 0 Å². The first-order chi connectivity index (χ1) is 9.40. The number of phenolic OH excluding ortho intramolecular Hbond substituents is 1. The maximum atomic E-state index is 12.4. The predicted octanol–water partition coefficient (Wildman–Crippen LogP) is 3.49. The zero-order chi connectivity index (χ0) is 14.8. The molecule has 1 aromatic carbocycles. The van der Waals surface area contributed by atoms with Crippen LogP contribution in [-0.2, 0) is 12.7 Å². The van der Waals surface area contributed by atoms with Crippen LogP contribution in [0, 0.1) is 0 Å². The standard InChI is InChI=1S/C12H11F3N2O2S/c1-19-9-3-2-7(4-8(9)18)5-16-11-17-6-10(20-11)12(13,14)15/h2-4,6,18H,5H2,1H3,(H,16,17). The van der Waals surface area contributed by atoms with E-state index in [1.165, 1.54) is 13.2 Å². The molecule has 0 aliphatic heterocycles. The summed E-state index contributed by atoms with van der Waals surface area (Å²) in [5.74, 6) is 0.310. The molecular formula is C12H11F3N2O2S. The summed E-state index contributed by atoms with van der Waals surface area (Å²) in [6, 6.07) is 4.75. The lowest BCUT2D eigenvalue weighted by molar-refractivity contribution is -0.134. The summed E-state index contributed by atoms with van der Waals surface area (Å²) in [7, 11) is 1.43. The number of anilines is 1. The Kier molecular flexibility index (Phi) is 4.03. The van der Waals surface area contributed by atoms with Gasteiger partial charge in [0.15, 0.2) is 16.6 Å².